The third-order valence-electron chi connectivity index (χ3n) is 4.37. The summed E-state index contributed by atoms with van der Waals surface area (Å²) in [5.74, 6) is -5.57. The lowest BCUT2D eigenvalue weighted by atomic mass is 9.99. The SMILES string of the molecule is CCOc1ccc(-c2ccc(CCc3cc(F)c(F)c(F)c3)c(F)c2F)cc1. The van der Waals surface area contributed by atoms with Gasteiger partial charge in [0.2, 0.25) is 0 Å². The topological polar surface area (TPSA) is 9.23 Å². The van der Waals surface area contributed by atoms with Crippen LogP contribution in [0.25, 0.3) is 11.1 Å². The van der Waals surface area contributed by atoms with Crippen molar-refractivity contribution in [2.45, 2.75) is 19.8 Å². The van der Waals surface area contributed by atoms with Crippen LogP contribution in [0.4, 0.5) is 22.0 Å². The van der Waals surface area contributed by atoms with Gasteiger partial charge < -0.3 is 4.74 Å². The predicted molar refractivity (Wildman–Crippen MR) is 96.7 cm³/mol. The maximum atomic E-state index is 14.5. The van der Waals surface area contributed by atoms with Crippen LogP contribution in [0.1, 0.15) is 18.1 Å². The molecule has 0 saturated heterocycles. The summed E-state index contributed by atoms with van der Waals surface area (Å²) in [4.78, 5) is 0. The van der Waals surface area contributed by atoms with E-state index in [2.05, 4.69) is 0 Å². The first-order valence-electron chi connectivity index (χ1n) is 8.74. The Morgan fingerprint density at radius 2 is 1.36 bits per heavy atom. The van der Waals surface area contributed by atoms with E-state index in [-0.39, 0.29) is 29.5 Å². The maximum Gasteiger partial charge on any atom is 0.194 e. The lowest BCUT2D eigenvalue weighted by Crippen LogP contribution is -2.01. The standard InChI is InChI=1S/C22H17F5O/c1-2-28-16-8-5-14(6-9-16)17-10-7-15(20(25)21(17)26)4-3-13-11-18(23)22(27)19(24)12-13/h5-12H,2-4H2,1H3. The summed E-state index contributed by atoms with van der Waals surface area (Å²) in [6, 6.07) is 11.2. The normalized spacial score (nSPS) is 10.9. The zero-order valence-corrected chi connectivity index (χ0v) is 15.0. The van der Waals surface area contributed by atoms with Crippen LogP contribution in [0.3, 0.4) is 0 Å². The molecule has 0 radical (unpaired) electrons. The average Bonchev–Trinajstić information content (AvgIpc) is 2.68. The van der Waals surface area contributed by atoms with Gasteiger partial charge >= 0.3 is 0 Å². The Kier molecular flexibility index (Phi) is 5.97. The van der Waals surface area contributed by atoms with Crippen molar-refractivity contribution in [3.05, 3.63) is 88.7 Å². The monoisotopic (exact) mass is 392 g/mol. The number of ether oxygens (including phenoxy) is 1. The van der Waals surface area contributed by atoms with E-state index in [9.17, 15) is 22.0 Å². The van der Waals surface area contributed by atoms with Gasteiger partial charge in [-0.2, -0.15) is 0 Å². The summed E-state index contributed by atoms with van der Waals surface area (Å²) in [6.07, 6.45) is 0.0453. The minimum Gasteiger partial charge on any atom is -0.494 e. The molecule has 28 heavy (non-hydrogen) atoms. The lowest BCUT2D eigenvalue weighted by Gasteiger charge is -2.10. The Hall–Kier alpha value is -2.89. The highest BCUT2D eigenvalue weighted by Gasteiger charge is 2.16. The smallest absolute Gasteiger partial charge is 0.194 e. The van der Waals surface area contributed by atoms with Crippen LogP contribution in [-0.4, -0.2) is 6.61 Å². The molecule has 0 aliphatic carbocycles. The molecule has 0 spiro atoms. The molecule has 0 amide bonds. The molecule has 1 nitrogen and oxygen atoms in total. The van der Waals surface area contributed by atoms with Crippen molar-refractivity contribution in [1.82, 2.24) is 0 Å². The van der Waals surface area contributed by atoms with Gasteiger partial charge in [-0.1, -0.05) is 24.3 Å². The number of hydrogen-bond acceptors (Lipinski definition) is 1. The molecule has 0 N–H and O–H groups in total. The molecule has 146 valence electrons. The van der Waals surface area contributed by atoms with Crippen LogP contribution in [0.15, 0.2) is 48.5 Å². The minimum atomic E-state index is -1.55. The van der Waals surface area contributed by atoms with E-state index in [1.54, 1.807) is 24.3 Å². The summed E-state index contributed by atoms with van der Waals surface area (Å²) in [6.45, 7) is 2.34. The van der Waals surface area contributed by atoms with Crippen LogP contribution in [0.2, 0.25) is 0 Å². The van der Waals surface area contributed by atoms with Gasteiger partial charge in [0, 0.05) is 5.56 Å². The highest BCUT2D eigenvalue weighted by molar-refractivity contribution is 5.65. The van der Waals surface area contributed by atoms with E-state index in [0.29, 0.717) is 17.9 Å². The van der Waals surface area contributed by atoms with Crippen molar-refractivity contribution in [2.75, 3.05) is 6.61 Å². The fourth-order valence-electron chi connectivity index (χ4n) is 2.93. The predicted octanol–water partition coefficient (Wildman–Crippen LogP) is 6.23. The quantitative estimate of drug-likeness (QED) is 0.357. The first kappa shape index (κ1) is 19.9. The second kappa shape index (κ2) is 8.42. The van der Waals surface area contributed by atoms with Crippen molar-refractivity contribution in [2.24, 2.45) is 0 Å². The highest BCUT2D eigenvalue weighted by atomic mass is 19.2. The number of aryl methyl sites for hydroxylation is 2. The molecule has 0 unspecified atom stereocenters. The second-order valence-electron chi connectivity index (χ2n) is 6.23. The maximum absolute atomic E-state index is 14.5. The second-order valence-corrected chi connectivity index (χ2v) is 6.23. The molecule has 0 saturated carbocycles. The summed E-state index contributed by atoms with van der Waals surface area (Å²) in [5.41, 5.74) is 0.821. The summed E-state index contributed by atoms with van der Waals surface area (Å²) < 4.78 is 73.9. The molecule has 0 aliphatic heterocycles. The van der Waals surface area contributed by atoms with Gasteiger partial charge in [0.1, 0.15) is 5.75 Å². The molecular formula is C22H17F5O. The first-order valence-corrected chi connectivity index (χ1v) is 8.74. The molecule has 0 atom stereocenters. The summed E-state index contributed by atoms with van der Waals surface area (Å²) >= 11 is 0. The lowest BCUT2D eigenvalue weighted by molar-refractivity contribution is 0.340. The third kappa shape index (κ3) is 4.16. The Morgan fingerprint density at radius 1 is 0.714 bits per heavy atom. The van der Waals surface area contributed by atoms with Gasteiger partial charge in [-0.25, -0.2) is 22.0 Å². The molecule has 0 aromatic heterocycles. The number of rotatable bonds is 6. The summed E-state index contributed by atoms with van der Waals surface area (Å²) in [7, 11) is 0. The van der Waals surface area contributed by atoms with Crippen LogP contribution in [-0.2, 0) is 12.8 Å². The van der Waals surface area contributed by atoms with Crippen molar-refractivity contribution in [3.8, 4) is 16.9 Å². The van der Waals surface area contributed by atoms with E-state index >= 15 is 0 Å². The van der Waals surface area contributed by atoms with E-state index in [1.165, 1.54) is 12.1 Å². The molecular weight excluding hydrogens is 375 g/mol. The van der Waals surface area contributed by atoms with Crippen molar-refractivity contribution >= 4 is 0 Å². The molecule has 3 rings (SSSR count). The van der Waals surface area contributed by atoms with Crippen LogP contribution in [0.5, 0.6) is 5.75 Å². The molecule has 3 aromatic carbocycles. The Balaban J connectivity index is 1.80. The molecule has 0 heterocycles. The van der Waals surface area contributed by atoms with Gasteiger partial charge in [-0.15, -0.1) is 0 Å². The zero-order chi connectivity index (χ0) is 20.3. The van der Waals surface area contributed by atoms with E-state index < -0.39 is 29.1 Å². The van der Waals surface area contributed by atoms with Crippen molar-refractivity contribution in [3.63, 3.8) is 0 Å². The number of hydrogen-bond donors (Lipinski definition) is 0. The van der Waals surface area contributed by atoms with Crippen LogP contribution in [0, 0.1) is 29.1 Å². The Labute approximate surface area is 159 Å². The molecule has 0 fully saturated rings. The Morgan fingerprint density at radius 3 is 1.96 bits per heavy atom. The number of halogens is 5. The van der Waals surface area contributed by atoms with E-state index in [4.69, 9.17) is 4.74 Å². The summed E-state index contributed by atoms with van der Waals surface area (Å²) in [5, 5.41) is 0. The van der Waals surface area contributed by atoms with Crippen LogP contribution < -0.4 is 4.74 Å². The number of benzene rings is 3. The van der Waals surface area contributed by atoms with Gasteiger partial charge in [-0.3, -0.25) is 0 Å². The molecule has 0 bridgehead atoms. The highest BCUT2D eigenvalue weighted by Crippen LogP contribution is 2.28. The average molecular weight is 392 g/mol. The van der Waals surface area contributed by atoms with Gasteiger partial charge in [0.05, 0.1) is 6.61 Å². The van der Waals surface area contributed by atoms with Crippen LogP contribution >= 0.6 is 0 Å². The molecule has 6 heteroatoms. The first-order chi connectivity index (χ1) is 13.4. The third-order valence-corrected chi connectivity index (χ3v) is 4.37. The molecule has 3 aromatic rings. The van der Waals surface area contributed by atoms with Crippen molar-refractivity contribution < 1.29 is 26.7 Å². The van der Waals surface area contributed by atoms with E-state index in [1.807, 2.05) is 6.92 Å². The zero-order valence-electron chi connectivity index (χ0n) is 15.0. The van der Waals surface area contributed by atoms with E-state index in [0.717, 1.165) is 12.1 Å². The molecule has 0 aliphatic rings. The Bertz CT molecular complexity index is 960. The fraction of sp³-hybridized carbons (Fsp3) is 0.182. The van der Waals surface area contributed by atoms with Crippen molar-refractivity contribution in [1.29, 1.82) is 0 Å². The van der Waals surface area contributed by atoms with Gasteiger partial charge in [0.15, 0.2) is 29.1 Å². The van der Waals surface area contributed by atoms with Gasteiger partial charge in [-0.05, 0) is 60.7 Å². The van der Waals surface area contributed by atoms with Gasteiger partial charge in [0.25, 0.3) is 0 Å². The largest absolute Gasteiger partial charge is 0.494 e. The minimum absolute atomic E-state index is 0.0107. The fourth-order valence-corrected chi connectivity index (χ4v) is 2.93.